The predicted molar refractivity (Wildman–Crippen MR) is 106 cm³/mol. The van der Waals surface area contributed by atoms with Gasteiger partial charge in [-0.2, -0.15) is 0 Å². The molecule has 27 heavy (non-hydrogen) atoms. The maximum atomic E-state index is 12.8. The van der Waals surface area contributed by atoms with E-state index in [1.807, 2.05) is 36.1 Å². The van der Waals surface area contributed by atoms with E-state index in [1.165, 1.54) is 12.1 Å². The molecule has 2 aromatic carbocycles. The first-order chi connectivity index (χ1) is 12.8. The summed E-state index contributed by atoms with van der Waals surface area (Å²) in [5, 5.41) is 0. The highest BCUT2D eigenvalue weighted by Gasteiger charge is 2.23. The second-order valence-corrected chi connectivity index (χ2v) is 9.11. The first kappa shape index (κ1) is 19.6. The highest BCUT2D eigenvalue weighted by atomic mass is 32.2. The number of nitrogens with one attached hydrogen (secondary N) is 1. The smallest absolute Gasteiger partial charge is 0.253 e. The number of benzene rings is 2. The van der Waals surface area contributed by atoms with Gasteiger partial charge in [-0.3, -0.25) is 4.79 Å². The quantitative estimate of drug-likeness (QED) is 0.857. The summed E-state index contributed by atoms with van der Waals surface area (Å²) >= 11 is 0. The van der Waals surface area contributed by atoms with Crippen LogP contribution in [0.1, 0.15) is 41.3 Å². The van der Waals surface area contributed by atoms with Gasteiger partial charge in [0.2, 0.25) is 10.0 Å². The van der Waals surface area contributed by atoms with E-state index >= 15 is 0 Å². The molecule has 1 fully saturated rings. The van der Waals surface area contributed by atoms with Crippen molar-refractivity contribution in [2.45, 2.75) is 38.1 Å². The number of carbonyl (C=O) groups is 1. The minimum atomic E-state index is -3.69. The summed E-state index contributed by atoms with van der Waals surface area (Å²) in [6.07, 6.45) is 2.12. The summed E-state index contributed by atoms with van der Waals surface area (Å²) in [6.45, 7) is 5.77. The topological polar surface area (TPSA) is 66.5 Å². The highest BCUT2D eigenvalue weighted by Crippen LogP contribution is 2.19. The summed E-state index contributed by atoms with van der Waals surface area (Å²) < 4.78 is 27.9. The Morgan fingerprint density at radius 3 is 2.70 bits per heavy atom. The van der Waals surface area contributed by atoms with Crippen LogP contribution in [0.5, 0.6) is 0 Å². The fraction of sp³-hybridized carbons (Fsp3) is 0.381. The monoisotopic (exact) mass is 386 g/mol. The molecule has 1 unspecified atom stereocenters. The second-order valence-electron chi connectivity index (χ2n) is 7.34. The Labute approximate surface area is 161 Å². The standard InChI is InChI=1S/C21H26N2O3S/c1-16-6-3-8-18(12-16)14-22-27(25,26)20-10-4-9-19(13-20)21(24)23-11-5-7-17(2)15-23/h3-4,6,8-10,12-13,17,22H,5,7,11,14-15H2,1-2H3. The van der Waals surface area contributed by atoms with Crippen LogP contribution >= 0.6 is 0 Å². The summed E-state index contributed by atoms with van der Waals surface area (Å²) in [5.74, 6) is 0.378. The van der Waals surface area contributed by atoms with Crippen LogP contribution in [0.15, 0.2) is 53.4 Å². The van der Waals surface area contributed by atoms with Crippen LogP contribution in [0, 0.1) is 12.8 Å². The average molecular weight is 387 g/mol. The molecule has 1 saturated heterocycles. The van der Waals surface area contributed by atoms with Gasteiger partial charge in [0.25, 0.3) is 5.91 Å². The number of piperidine rings is 1. The number of likely N-dealkylation sites (tertiary alicyclic amines) is 1. The van der Waals surface area contributed by atoms with Gasteiger partial charge in [0.05, 0.1) is 4.90 Å². The first-order valence-corrected chi connectivity index (χ1v) is 10.8. The fourth-order valence-corrected chi connectivity index (χ4v) is 4.50. The molecule has 0 spiro atoms. The van der Waals surface area contributed by atoms with Crippen LogP contribution < -0.4 is 4.72 Å². The Bertz CT molecular complexity index is 925. The summed E-state index contributed by atoms with van der Waals surface area (Å²) in [6, 6.07) is 14.0. The molecule has 0 aliphatic carbocycles. The first-order valence-electron chi connectivity index (χ1n) is 9.30. The van der Waals surface area contributed by atoms with Crippen molar-refractivity contribution in [3.8, 4) is 0 Å². The van der Waals surface area contributed by atoms with Gasteiger partial charge in [0, 0.05) is 25.2 Å². The number of hydrogen-bond donors (Lipinski definition) is 1. The lowest BCUT2D eigenvalue weighted by atomic mass is 9.99. The van der Waals surface area contributed by atoms with E-state index in [-0.39, 0.29) is 17.3 Å². The third kappa shape index (κ3) is 4.96. The molecule has 3 rings (SSSR count). The van der Waals surface area contributed by atoms with Gasteiger partial charge in [-0.15, -0.1) is 0 Å². The Morgan fingerprint density at radius 2 is 1.96 bits per heavy atom. The highest BCUT2D eigenvalue weighted by molar-refractivity contribution is 7.89. The van der Waals surface area contributed by atoms with Crippen molar-refractivity contribution >= 4 is 15.9 Å². The number of aryl methyl sites for hydroxylation is 1. The van der Waals surface area contributed by atoms with Crippen LogP contribution in [-0.4, -0.2) is 32.3 Å². The SMILES string of the molecule is Cc1cccc(CNS(=O)(=O)c2cccc(C(=O)N3CCCC(C)C3)c2)c1. The summed E-state index contributed by atoms with van der Waals surface area (Å²) in [7, 11) is -3.69. The third-order valence-corrected chi connectivity index (χ3v) is 6.28. The van der Waals surface area contributed by atoms with E-state index in [9.17, 15) is 13.2 Å². The van der Waals surface area contributed by atoms with Gasteiger partial charge in [-0.05, 0) is 49.4 Å². The van der Waals surface area contributed by atoms with Crippen molar-refractivity contribution in [3.63, 3.8) is 0 Å². The van der Waals surface area contributed by atoms with Gasteiger partial charge in [0.1, 0.15) is 0 Å². The van der Waals surface area contributed by atoms with Crippen LogP contribution in [0.3, 0.4) is 0 Å². The Morgan fingerprint density at radius 1 is 1.19 bits per heavy atom. The number of sulfonamides is 1. The lowest BCUT2D eigenvalue weighted by molar-refractivity contribution is 0.0683. The Kier molecular flexibility index (Phi) is 5.97. The van der Waals surface area contributed by atoms with Crippen LogP contribution in [0.25, 0.3) is 0 Å². The number of carbonyl (C=O) groups excluding carboxylic acids is 1. The predicted octanol–water partition coefficient (Wildman–Crippen LogP) is 3.35. The van der Waals surface area contributed by atoms with Gasteiger partial charge < -0.3 is 4.90 Å². The molecular formula is C21H26N2O3S. The Balaban J connectivity index is 1.74. The zero-order valence-corrected chi connectivity index (χ0v) is 16.6. The molecule has 0 radical (unpaired) electrons. The zero-order valence-electron chi connectivity index (χ0n) is 15.8. The van der Waals surface area contributed by atoms with E-state index in [4.69, 9.17) is 0 Å². The molecule has 144 valence electrons. The van der Waals surface area contributed by atoms with Crippen molar-refractivity contribution in [2.24, 2.45) is 5.92 Å². The zero-order chi connectivity index (χ0) is 19.4. The number of nitrogens with zero attached hydrogens (tertiary/aromatic N) is 1. The van der Waals surface area contributed by atoms with Crippen molar-refractivity contribution in [1.82, 2.24) is 9.62 Å². The van der Waals surface area contributed by atoms with E-state index < -0.39 is 10.0 Å². The number of amides is 1. The molecule has 0 saturated carbocycles. The lowest BCUT2D eigenvalue weighted by Crippen LogP contribution is -2.39. The molecule has 1 aliphatic rings. The van der Waals surface area contributed by atoms with Crippen LogP contribution in [0.4, 0.5) is 0 Å². The van der Waals surface area contributed by atoms with Crippen LogP contribution in [0.2, 0.25) is 0 Å². The summed E-state index contributed by atoms with van der Waals surface area (Å²) in [4.78, 5) is 14.7. The largest absolute Gasteiger partial charge is 0.338 e. The molecule has 1 atom stereocenters. The normalized spacial score (nSPS) is 17.7. The van der Waals surface area contributed by atoms with E-state index in [0.717, 1.165) is 37.1 Å². The van der Waals surface area contributed by atoms with Crippen molar-refractivity contribution in [2.75, 3.05) is 13.1 Å². The van der Waals surface area contributed by atoms with Crippen molar-refractivity contribution in [1.29, 1.82) is 0 Å². The van der Waals surface area contributed by atoms with Crippen molar-refractivity contribution < 1.29 is 13.2 Å². The second kappa shape index (κ2) is 8.23. The van der Waals surface area contributed by atoms with Crippen molar-refractivity contribution in [3.05, 3.63) is 65.2 Å². The maximum Gasteiger partial charge on any atom is 0.253 e. The molecule has 1 heterocycles. The molecule has 5 nitrogen and oxygen atoms in total. The van der Waals surface area contributed by atoms with Gasteiger partial charge >= 0.3 is 0 Å². The van der Waals surface area contributed by atoms with E-state index in [0.29, 0.717) is 11.5 Å². The Hall–Kier alpha value is -2.18. The minimum absolute atomic E-state index is 0.0997. The number of hydrogen-bond acceptors (Lipinski definition) is 3. The molecule has 0 bridgehead atoms. The molecule has 0 aromatic heterocycles. The summed E-state index contributed by atoms with van der Waals surface area (Å²) in [5.41, 5.74) is 2.39. The van der Waals surface area contributed by atoms with Gasteiger partial charge in [-0.1, -0.05) is 42.8 Å². The third-order valence-electron chi connectivity index (χ3n) is 4.88. The minimum Gasteiger partial charge on any atom is -0.338 e. The lowest BCUT2D eigenvalue weighted by Gasteiger charge is -2.31. The van der Waals surface area contributed by atoms with E-state index in [1.54, 1.807) is 12.1 Å². The van der Waals surface area contributed by atoms with Gasteiger partial charge in [0.15, 0.2) is 0 Å². The van der Waals surface area contributed by atoms with E-state index in [2.05, 4.69) is 11.6 Å². The molecule has 2 aromatic rings. The molecule has 1 aliphatic heterocycles. The van der Waals surface area contributed by atoms with Crippen LogP contribution in [-0.2, 0) is 16.6 Å². The molecule has 6 heteroatoms. The average Bonchev–Trinajstić information content (AvgIpc) is 2.66. The number of rotatable bonds is 5. The molecule has 1 amide bonds. The maximum absolute atomic E-state index is 12.8. The molecular weight excluding hydrogens is 360 g/mol. The molecule has 1 N–H and O–H groups in total. The fourth-order valence-electron chi connectivity index (χ4n) is 3.44. The van der Waals surface area contributed by atoms with Gasteiger partial charge in [-0.25, -0.2) is 13.1 Å².